The van der Waals surface area contributed by atoms with E-state index in [0.717, 1.165) is 32.5 Å². The largest absolute Gasteiger partial charge is 0.315 e. The monoisotopic (exact) mass is 220 g/mol. The van der Waals surface area contributed by atoms with Gasteiger partial charge >= 0.3 is 0 Å². The first-order valence-electron chi connectivity index (χ1n) is 5.28. The van der Waals surface area contributed by atoms with E-state index in [1.807, 2.05) is 0 Å². The van der Waals surface area contributed by atoms with Crippen molar-refractivity contribution in [2.45, 2.75) is 25.8 Å². The van der Waals surface area contributed by atoms with Gasteiger partial charge in [0.25, 0.3) is 0 Å². The van der Waals surface area contributed by atoms with Crippen LogP contribution in [0.3, 0.4) is 0 Å². The van der Waals surface area contributed by atoms with Gasteiger partial charge in [-0.2, -0.15) is 0 Å². The van der Waals surface area contributed by atoms with E-state index in [4.69, 9.17) is 0 Å². The van der Waals surface area contributed by atoms with E-state index in [2.05, 4.69) is 17.6 Å². The van der Waals surface area contributed by atoms with E-state index >= 15 is 0 Å². The third kappa shape index (κ3) is 4.39. The van der Waals surface area contributed by atoms with Crippen molar-refractivity contribution in [1.29, 1.82) is 0 Å². The highest BCUT2D eigenvalue weighted by molar-refractivity contribution is 7.91. The van der Waals surface area contributed by atoms with Crippen molar-refractivity contribution < 1.29 is 8.42 Å². The summed E-state index contributed by atoms with van der Waals surface area (Å²) in [5.74, 6) is 0.674. The second-order valence-electron chi connectivity index (χ2n) is 3.80. The average molecular weight is 220 g/mol. The molecule has 5 heteroatoms. The van der Waals surface area contributed by atoms with Gasteiger partial charge in [-0.25, -0.2) is 8.42 Å². The molecule has 84 valence electrons. The first-order valence-corrected chi connectivity index (χ1v) is 7.10. The lowest BCUT2D eigenvalue weighted by molar-refractivity contribution is 0.532. The van der Waals surface area contributed by atoms with Crippen LogP contribution < -0.4 is 10.6 Å². The van der Waals surface area contributed by atoms with Crippen molar-refractivity contribution in [2.24, 2.45) is 0 Å². The molecular weight excluding hydrogens is 200 g/mol. The van der Waals surface area contributed by atoms with Gasteiger partial charge in [-0.05, 0) is 19.4 Å². The first-order chi connectivity index (χ1) is 6.64. The molecule has 0 saturated carbocycles. The topological polar surface area (TPSA) is 58.2 Å². The molecule has 1 aliphatic rings. The summed E-state index contributed by atoms with van der Waals surface area (Å²) in [7, 11) is -2.73. The zero-order chi connectivity index (χ0) is 10.4. The quantitative estimate of drug-likeness (QED) is 0.607. The standard InChI is InChI=1S/C9H20N2O2S/c1-2-4-10-5-6-11-9-3-7-14(12,13)8-9/h9-11H,2-8H2,1H3. The molecule has 1 atom stereocenters. The predicted molar refractivity (Wildman–Crippen MR) is 58.2 cm³/mol. The molecule has 14 heavy (non-hydrogen) atoms. The first kappa shape index (κ1) is 11.9. The zero-order valence-corrected chi connectivity index (χ0v) is 9.57. The van der Waals surface area contributed by atoms with Gasteiger partial charge in [0.1, 0.15) is 0 Å². The van der Waals surface area contributed by atoms with Crippen LogP contribution in [0, 0.1) is 0 Å². The summed E-state index contributed by atoms with van der Waals surface area (Å²) >= 11 is 0. The average Bonchev–Trinajstić information content (AvgIpc) is 2.45. The lowest BCUT2D eigenvalue weighted by Gasteiger charge is -2.10. The summed E-state index contributed by atoms with van der Waals surface area (Å²) in [6, 6.07) is 0.184. The second-order valence-corrected chi connectivity index (χ2v) is 6.03. The molecule has 2 N–H and O–H groups in total. The summed E-state index contributed by atoms with van der Waals surface area (Å²) in [6.07, 6.45) is 1.91. The molecular formula is C9H20N2O2S. The lowest BCUT2D eigenvalue weighted by Crippen LogP contribution is -2.35. The molecule has 1 heterocycles. The molecule has 0 aromatic heterocycles. The Morgan fingerprint density at radius 2 is 2.07 bits per heavy atom. The Balaban J connectivity index is 2.03. The Morgan fingerprint density at radius 3 is 2.64 bits per heavy atom. The Kier molecular flexibility index (Phi) is 4.84. The van der Waals surface area contributed by atoms with Crippen molar-refractivity contribution >= 4 is 9.84 Å². The maximum atomic E-state index is 11.1. The fraction of sp³-hybridized carbons (Fsp3) is 1.00. The van der Waals surface area contributed by atoms with Gasteiger partial charge in [0.15, 0.2) is 9.84 Å². The molecule has 1 unspecified atom stereocenters. The number of hydrogen-bond donors (Lipinski definition) is 2. The smallest absolute Gasteiger partial charge is 0.151 e. The van der Waals surface area contributed by atoms with Crippen molar-refractivity contribution in [1.82, 2.24) is 10.6 Å². The van der Waals surface area contributed by atoms with E-state index < -0.39 is 9.84 Å². The summed E-state index contributed by atoms with van der Waals surface area (Å²) in [4.78, 5) is 0. The van der Waals surface area contributed by atoms with Crippen LogP contribution >= 0.6 is 0 Å². The molecule has 1 rings (SSSR count). The Morgan fingerprint density at radius 1 is 1.29 bits per heavy atom. The fourth-order valence-electron chi connectivity index (χ4n) is 1.62. The third-order valence-corrected chi connectivity index (χ3v) is 4.16. The van der Waals surface area contributed by atoms with Gasteiger partial charge in [0.2, 0.25) is 0 Å². The van der Waals surface area contributed by atoms with Gasteiger partial charge in [0, 0.05) is 19.1 Å². The molecule has 0 spiro atoms. The molecule has 0 aromatic rings. The van der Waals surface area contributed by atoms with E-state index in [1.165, 1.54) is 0 Å². The fourth-order valence-corrected chi connectivity index (χ4v) is 3.33. The molecule has 0 aliphatic carbocycles. The van der Waals surface area contributed by atoms with E-state index in [1.54, 1.807) is 0 Å². The Hall–Kier alpha value is -0.130. The minimum Gasteiger partial charge on any atom is -0.315 e. The molecule has 0 aromatic carbocycles. The van der Waals surface area contributed by atoms with Gasteiger partial charge in [-0.1, -0.05) is 6.92 Å². The Bertz CT molecular complexity index is 252. The molecule has 0 bridgehead atoms. The van der Waals surface area contributed by atoms with E-state index in [9.17, 15) is 8.42 Å². The van der Waals surface area contributed by atoms with Crippen molar-refractivity contribution in [3.05, 3.63) is 0 Å². The molecule has 0 amide bonds. The molecule has 0 radical (unpaired) electrons. The van der Waals surface area contributed by atoms with Crippen LogP contribution in [-0.4, -0.2) is 45.6 Å². The summed E-state index contributed by atoms with van der Waals surface area (Å²) < 4.78 is 22.2. The maximum absolute atomic E-state index is 11.1. The highest BCUT2D eigenvalue weighted by Gasteiger charge is 2.26. The minimum absolute atomic E-state index is 0.184. The molecule has 1 fully saturated rings. The number of hydrogen-bond acceptors (Lipinski definition) is 4. The van der Waals surface area contributed by atoms with Crippen LogP contribution in [0.15, 0.2) is 0 Å². The van der Waals surface area contributed by atoms with Crippen molar-refractivity contribution in [2.75, 3.05) is 31.1 Å². The molecule has 1 aliphatic heterocycles. The van der Waals surface area contributed by atoms with Crippen LogP contribution in [0.5, 0.6) is 0 Å². The minimum atomic E-state index is -2.73. The summed E-state index contributed by atoms with van der Waals surface area (Å²) in [6.45, 7) is 4.94. The Labute approximate surface area is 86.4 Å². The van der Waals surface area contributed by atoms with Crippen molar-refractivity contribution in [3.63, 3.8) is 0 Å². The van der Waals surface area contributed by atoms with E-state index in [-0.39, 0.29) is 6.04 Å². The SMILES string of the molecule is CCCNCCNC1CCS(=O)(=O)C1. The highest BCUT2D eigenvalue weighted by atomic mass is 32.2. The van der Waals surface area contributed by atoms with Crippen LogP contribution in [0.1, 0.15) is 19.8 Å². The molecule has 4 nitrogen and oxygen atoms in total. The van der Waals surface area contributed by atoms with Crippen LogP contribution in [-0.2, 0) is 9.84 Å². The highest BCUT2D eigenvalue weighted by Crippen LogP contribution is 2.10. The van der Waals surface area contributed by atoms with Crippen LogP contribution in [0.25, 0.3) is 0 Å². The number of rotatable bonds is 6. The van der Waals surface area contributed by atoms with Crippen molar-refractivity contribution in [3.8, 4) is 0 Å². The van der Waals surface area contributed by atoms with Gasteiger partial charge in [-0.15, -0.1) is 0 Å². The normalized spacial score (nSPS) is 25.4. The molecule has 1 saturated heterocycles. The maximum Gasteiger partial charge on any atom is 0.151 e. The second kappa shape index (κ2) is 5.68. The number of nitrogens with one attached hydrogen (secondary N) is 2. The zero-order valence-electron chi connectivity index (χ0n) is 8.75. The summed E-state index contributed by atoms with van der Waals surface area (Å²) in [5.41, 5.74) is 0. The van der Waals surface area contributed by atoms with Gasteiger partial charge < -0.3 is 10.6 Å². The number of sulfone groups is 1. The lowest BCUT2D eigenvalue weighted by atomic mass is 10.2. The third-order valence-electron chi connectivity index (χ3n) is 2.39. The predicted octanol–water partition coefficient (Wildman–Crippen LogP) is -0.237. The van der Waals surface area contributed by atoms with Crippen LogP contribution in [0.4, 0.5) is 0 Å². The van der Waals surface area contributed by atoms with Gasteiger partial charge in [-0.3, -0.25) is 0 Å². The van der Waals surface area contributed by atoms with Crippen LogP contribution in [0.2, 0.25) is 0 Å². The van der Waals surface area contributed by atoms with E-state index in [0.29, 0.717) is 11.5 Å². The summed E-state index contributed by atoms with van der Waals surface area (Å²) in [5, 5.41) is 6.52. The van der Waals surface area contributed by atoms with Gasteiger partial charge in [0.05, 0.1) is 11.5 Å².